The molecule has 15 N–H and O–H groups in total. The summed E-state index contributed by atoms with van der Waals surface area (Å²) in [6.07, 6.45) is 2.99. The first kappa shape index (κ1) is 57.5. The largest absolute Gasteiger partial charge is 0.412 e. The van der Waals surface area contributed by atoms with Gasteiger partial charge in [0.15, 0.2) is 17.1 Å². The molecule has 0 atom stereocenters. The molecule has 2 aliphatic carbocycles. The molecule has 27 heteroatoms. The van der Waals surface area contributed by atoms with Gasteiger partial charge in [-0.1, -0.05) is 59.6 Å². The Morgan fingerprint density at radius 3 is 1.47 bits per heavy atom. The molecular formula is C46H49Cl2F2N13O10. The van der Waals surface area contributed by atoms with Crippen LogP contribution in [0.1, 0.15) is 68.1 Å². The second-order valence-electron chi connectivity index (χ2n) is 16.1. The maximum Gasteiger partial charge on any atom is 0.269 e. The van der Waals surface area contributed by atoms with Crippen LogP contribution in [0, 0.1) is 18.2 Å². The number of nitrogens with one attached hydrogen (secondary N) is 2. The van der Waals surface area contributed by atoms with Crippen molar-refractivity contribution in [2.75, 3.05) is 13.1 Å². The van der Waals surface area contributed by atoms with Crippen LogP contribution in [0.5, 0.6) is 0 Å². The lowest BCUT2D eigenvalue weighted by atomic mass is 10.1. The molecule has 386 valence electrons. The highest BCUT2D eigenvalue weighted by Gasteiger charge is 2.36. The summed E-state index contributed by atoms with van der Waals surface area (Å²) in [6.45, 7) is 6.09. The predicted molar refractivity (Wildman–Crippen MR) is 261 cm³/mol. The standard InChI is InChI=1S/C23H22ClFN6O4.C23H20ClFN6O3.H3N.H2O2.H2O/c24-16-3-1-2-13(20(16)25)9-28-18(32)10-30(14-5-6-14)19(33)11-31-17-8-12(22(26)34)4-7-15(17)21(29-31)23(27)35;1-27-14-5-8-16-18(9-14)31(29-22(16)23(26)34)12-20(33)30(15-6-7-15)11-19(32)28-10-13-3-2-4-17(24)21(13)25;;1-2;/h1-4,7-8,14H,5-6,9-11H2,(H2,26,34)(H2,27,35)(H,28,32);2-5,8-9,15H,6-7,10-12H2,(H2,26,34)(H,28,32);1H3;1-2H;1H2. The maximum atomic E-state index is 14.1. The molecule has 6 aromatic rings. The minimum absolute atomic E-state index is 0. The number of halogens is 4. The number of carbonyl (C=O) groups excluding carboxylic acids is 7. The molecule has 8 rings (SSSR count). The average molecular weight is 1050 g/mol. The van der Waals surface area contributed by atoms with Gasteiger partial charge >= 0.3 is 0 Å². The first-order chi connectivity index (χ1) is 33.9. The fraction of sp³-hybridized carbons (Fsp3) is 0.261. The summed E-state index contributed by atoms with van der Waals surface area (Å²) in [5, 5.41) is 26.3. The zero-order chi connectivity index (χ0) is 51.7. The number of amides is 7. The van der Waals surface area contributed by atoms with E-state index in [1.165, 1.54) is 67.7 Å². The van der Waals surface area contributed by atoms with Gasteiger partial charge in [0, 0.05) is 52.6 Å². The number of nitrogens with zero attached hydrogens (tertiary/aromatic N) is 7. The highest BCUT2D eigenvalue weighted by Crippen LogP contribution is 2.30. The Balaban J connectivity index is 0.000000298. The highest BCUT2D eigenvalue weighted by molar-refractivity contribution is 6.31. The lowest BCUT2D eigenvalue weighted by Crippen LogP contribution is -2.43. The van der Waals surface area contributed by atoms with Gasteiger partial charge in [-0.25, -0.2) is 13.6 Å². The quantitative estimate of drug-likeness (QED) is 0.0370. The first-order valence-electron chi connectivity index (χ1n) is 21.4. The Morgan fingerprint density at radius 1 is 0.671 bits per heavy atom. The van der Waals surface area contributed by atoms with Gasteiger partial charge in [0.2, 0.25) is 29.5 Å². The van der Waals surface area contributed by atoms with Crippen molar-refractivity contribution in [3.05, 3.63) is 134 Å². The van der Waals surface area contributed by atoms with Crippen molar-refractivity contribution in [3.63, 3.8) is 0 Å². The van der Waals surface area contributed by atoms with E-state index < -0.39 is 47.1 Å². The second-order valence-corrected chi connectivity index (χ2v) is 16.9. The van der Waals surface area contributed by atoms with Gasteiger partial charge in [-0.3, -0.25) is 53.4 Å². The first-order valence-corrected chi connectivity index (χ1v) is 22.2. The fourth-order valence-corrected chi connectivity index (χ4v) is 7.78. The number of rotatable bonds is 17. The third kappa shape index (κ3) is 14.1. The number of carbonyl (C=O) groups is 7. The summed E-state index contributed by atoms with van der Waals surface area (Å²) in [7, 11) is 0. The molecule has 2 aromatic heterocycles. The molecule has 2 saturated carbocycles. The topological polar surface area (TPSA) is 375 Å². The summed E-state index contributed by atoms with van der Waals surface area (Å²) in [6, 6.07) is 17.8. The smallest absolute Gasteiger partial charge is 0.269 e. The van der Waals surface area contributed by atoms with Crippen LogP contribution in [0.3, 0.4) is 0 Å². The number of hydrogen-bond acceptors (Lipinski definition) is 12. The van der Waals surface area contributed by atoms with E-state index in [-0.39, 0.29) is 107 Å². The summed E-state index contributed by atoms with van der Waals surface area (Å²) in [4.78, 5) is 92.8. The van der Waals surface area contributed by atoms with E-state index in [2.05, 4.69) is 25.7 Å². The molecule has 2 aliphatic rings. The fourth-order valence-electron chi connectivity index (χ4n) is 7.40. The van der Waals surface area contributed by atoms with E-state index in [0.717, 1.165) is 25.7 Å². The summed E-state index contributed by atoms with van der Waals surface area (Å²) in [5.74, 6) is -5.15. The zero-order valence-corrected chi connectivity index (χ0v) is 40.0. The van der Waals surface area contributed by atoms with Crippen molar-refractivity contribution >= 4 is 92.0 Å². The Kier molecular flexibility index (Phi) is 19.9. The molecule has 0 radical (unpaired) electrons. The molecule has 0 aliphatic heterocycles. The molecule has 0 saturated heterocycles. The van der Waals surface area contributed by atoms with Gasteiger partial charge < -0.3 is 49.3 Å². The van der Waals surface area contributed by atoms with Crippen LogP contribution in [0.4, 0.5) is 14.5 Å². The van der Waals surface area contributed by atoms with E-state index in [4.69, 9.17) is 57.5 Å². The van der Waals surface area contributed by atoms with E-state index in [1.807, 2.05) is 0 Å². The molecule has 2 fully saturated rings. The molecule has 0 spiro atoms. The predicted octanol–water partition coefficient (Wildman–Crippen LogP) is 3.47. The van der Waals surface area contributed by atoms with Gasteiger partial charge in [0.1, 0.15) is 24.7 Å². The van der Waals surface area contributed by atoms with Crippen LogP contribution >= 0.6 is 23.2 Å². The number of aromatic nitrogens is 4. The number of nitrogens with two attached hydrogens (primary N) is 3. The van der Waals surface area contributed by atoms with Crippen molar-refractivity contribution in [2.45, 2.75) is 63.9 Å². The highest BCUT2D eigenvalue weighted by atomic mass is 35.5. The van der Waals surface area contributed by atoms with Gasteiger partial charge in [-0.2, -0.15) is 10.2 Å². The summed E-state index contributed by atoms with van der Waals surface area (Å²) >= 11 is 11.5. The van der Waals surface area contributed by atoms with Crippen molar-refractivity contribution in [3.8, 4) is 0 Å². The molecule has 4 aromatic carbocycles. The van der Waals surface area contributed by atoms with E-state index in [1.54, 1.807) is 24.3 Å². The number of benzene rings is 4. The van der Waals surface area contributed by atoms with Crippen LogP contribution in [0.25, 0.3) is 26.7 Å². The van der Waals surface area contributed by atoms with Crippen LogP contribution in [-0.4, -0.2) is 112 Å². The van der Waals surface area contributed by atoms with Crippen LogP contribution in [0.15, 0.2) is 72.8 Å². The van der Waals surface area contributed by atoms with Crippen molar-refractivity contribution < 1.29 is 58.3 Å². The van der Waals surface area contributed by atoms with Gasteiger partial charge in [-0.05, 0) is 62.1 Å². The number of hydrogen-bond donors (Lipinski definition) is 8. The third-order valence-corrected chi connectivity index (χ3v) is 11.8. The lowest BCUT2D eigenvalue weighted by molar-refractivity contribution is -0.176. The van der Waals surface area contributed by atoms with Crippen LogP contribution < -0.4 is 34.0 Å². The van der Waals surface area contributed by atoms with E-state index >= 15 is 0 Å². The van der Waals surface area contributed by atoms with Crippen molar-refractivity contribution in [2.24, 2.45) is 17.2 Å². The molecule has 7 amide bonds. The minimum Gasteiger partial charge on any atom is -0.412 e. The Morgan fingerprint density at radius 2 is 1.08 bits per heavy atom. The number of fused-ring (bicyclic) bond motifs is 2. The van der Waals surface area contributed by atoms with Crippen LogP contribution in [0.2, 0.25) is 10.0 Å². The number of primary amides is 3. The summed E-state index contributed by atoms with van der Waals surface area (Å²) < 4.78 is 30.7. The van der Waals surface area contributed by atoms with Crippen molar-refractivity contribution in [1.29, 1.82) is 0 Å². The SMILES string of the molecule is N.NC(=O)c1ccc2c(C(N)=O)nn(CC(=O)N(CC(=O)NCc3cccc(Cl)c3F)C3CC3)c2c1.O.OO.[C-]#[N+]c1ccc2c(C(N)=O)nn(CC(=O)N(CC(=O)NCc3cccc(Cl)c3F)C3CC3)c2c1. The molecule has 2 heterocycles. The van der Waals surface area contributed by atoms with Gasteiger partial charge in [0.25, 0.3) is 11.8 Å². The lowest BCUT2D eigenvalue weighted by Gasteiger charge is -2.22. The maximum absolute atomic E-state index is 14.1. The average Bonchev–Trinajstić information content (AvgIpc) is 4.30. The second kappa shape index (κ2) is 25.3. The molecular weight excluding hydrogens is 1000 g/mol. The monoisotopic (exact) mass is 1050 g/mol. The molecule has 23 nitrogen and oxygen atoms in total. The molecule has 73 heavy (non-hydrogen) atoms. The normalized spacial score (nSPS) is 12.3. The molecule has 0 unspecified atom stereocenters. The van der Waals surface area contributed by atoms with Gasteiger partial charge in [-0.15, -0.1) is 0 Å². The third-order valence-electron chi connectivity index (χ3n) is 11.2. The minimum atomic E-state index is -0.792. The zero-order valence-electron chi connectivity index (χ0n) is 38.5. The van der Waals surface area contributed by atoms with Gasteiger partial charge in [0.05, 0.1) is 40.7 Å². The Labute approximate surface area is 423 Å². The van der Waals surface area contributed by atoms with Crippen molar-refractivity contribution in [1.82, 2.24) is 46.1 Å². The Bertz CT molecular complexity index is 3120. The Hall–Kier alpha value is -8.12. The van der Waals surface area contributed by atoms with E-state index in [9.17, 15) is 42.3 Å². The summed E-state index contributed by atoms with van der Waals surface area (Å²) in [5.41, 5.74) is 17.9. The van der Waals surface area contributed by atoms with E-state index in [0.29, 0.717) is 27.5 Å². The van der Waals surface area contributed by atoms with Crippen LogP contribution in [-0.2, 0) is 45.4 Å². The molecule has 0 bridgehead atoms.